The van der Waals surface area contributed by atoms with Crippen molar-refractivity contribution >= 4 is 10.0 Å². The van der Waals surface area contributed by atoms with E-state index in [1.807, 2.05) is 40.7 Å². The van der Waals surface area contributed by atoms with Crippen molar-refractivity contribution < 1.29 is 8.42 Å². The van der Waals surface area contributed by atoms with Crippen LogP contribution in [0.25, 0.3) is 0 Å². The molecule has 0 spiro atoms. The van der Waals surface area contributed by atoms with Gasteiger partial charge >= 0.3 is 0 Å². The number of sulfonamides is 1. The maximum Gasteiger partial charge on any atom is 0.243 e. The Labute approximate surface area is 122 Å². The van der Waals surface area contributed by atoms with Gasteiger partial charge in [-0.1, -0.05) is 0 Å². The molecule has 0 atom stereocenters. The summed E-state index contributed by atoms with van der Waals surface area (Å²) in [5.41, 5.74) is 4.77. The zero-order valence-corrected chi connectivity index (χ0v) is 13.8. The van der Waals surface area contributed by atoms with Crippen LogP contribution in [0, 0.1) is 45.9 Å². The molecule has 4 nitrogen and oxygen atoms in total. The van der Waals surface area contributed by atoms with Crippen molar-refractivity contribution in [2.24, 2.45) is 0 Å². The first-order valence-corrected chi connectivity index (χ1v) is 8.00. The van der Waals surface area contributed by atoms with Crippen LogP contribution in [-0.4, -0.2) is 26.3 Å². The Bertz CT molecular complexity index is 641. The van der Waals surface area contributed by atoms with Crippen molar-refractivity contribution in [3.63, 3.8) is 0 Å². The summed E-state index contributed by atoms with van der Waals surface area (Å²) < 4.78 is 26.7. The lowest BCUT2D eigenvalue weighted by Crippen LogP contribution is -2.29. The number of hydrogen-bond acceptors (Lipinski definition) is 3. The molecule has 0 aliphatic heterocycles. The Morgan fingerprint density at radius 1 is 0.950 bits per heavy atom. The van der Waals surface area contributed by atoms with Crippen molar-refractivity contribution in [1.82, 2.24) is 4.31 Å². The first-order valence-electron chi connectivity index (χ1n) is 6.56. The minimum Gasteiger partial charge on any atom is -0.207 e. The Balaban J connectivity index is 3.52. The molecule has 0 bridgehead atoms. The third-order valence-electron chi connectivity index (χ3n) is 4.14. The van der Waals surface area contributed by atoms with E-state index in [-0.39, 0.29) is 13.0 Å². The SMILES string of the molecule is Cc1c(C)c(C)c(S(=O)(=O)N(C)CCC#N)c(C)c1C. The van der Waals surface area contributed by atoms with Gasteiger partial charge in [0.2, 0.25) is 10.0 Å². The summed E-state index contributed by atoms with van der Waals surface area (Å²) in [7, 11) is -2.03. The van der Waals surface area contributed by atoms with Gasteiger partial charge in [-0.2, -0.15) is 9.57 Å². The number of nitriles is 1. The molecule has 0 N–H and O–H groups in total. The molecule has 1 rings (SSSR count). The van der Waals surface area contributed by atoms with Crippen molar-refractivity contribution in [2.75, 3.05) is 13.6 Å². The van der Waals surface area contributed by atoms with Crippen molar-refractivity contribution in [1.29, 1.82) is 5.26 Å². The van der Waals surface area contributed by atoms with E-state index in [1.54, 1.807) is 0 Å². The molecule has 0 saturated carbocycles. The summed E-state index contributed by atoms with van der Waals surface area (Å²) >= 11 is 0. The third-order valence-corrected chi connectivity index (χ3v) is 6.27. The van der Waals surface area contributed by atoms with Crippen LogP contribution in [0.4, 0.5) is 0 Å². The van der Waals surface area contributed by atoms with Crippen LogP contribution in [0.3, 0.4) is 0 Å². The highest BCUT2D eigenvalue weighted by Gasteiger charge is 2.27. The van der Waals surface area contributed by atoms with E-state index in [0.717, 1.165) is 27.8 Å². The molecular formula is C15H22N2O2S. The summed E-state index contributed by atoms with van der Waals surface area (Å²) in [6.45, 7) is 9.82. The van der Waals surface area contributed by atoms with Crippen LogP contribution in [0.15, 0.2) is 4.90 Å². The highest BCUT2D eigenvalue weighted by Crippen LogP contribution is 2.31. The second-order valence-corrected chi connectivity index (χ2v) is 7.17. The lowest BCUT2D eigenvalue weighted by Gasteiger charge is -2.23. The highest BCUT2D eigenvalue weighted by molar-refractivity contribution is 7.89. The molecule has 0 aliphatic carbocycles. The molecule has 0 aliphatic rings. The summed E-state index contributed by atoms with van der Waals surface area (Å²) in [6, 6.07) is 1.98. The fourth-order valence-corrected chi connectivity index (χ4v) is 4.06. The van der Waals surface area contributed by atoms with E-state index < -0.39 is 10.0 Å². The van der Waals surface area contributed by atoms with Crippen LogP contribution in [0.5, 0.6) is 0 Å². The maximum absolute atomic E-state index is 12.7. The van der Waals surface area contributed by atoms with E-state index >= 15 is 0 Å². The second kappa shape index (κ2) is 5.94. The van der Waals surface area contributed by atoms with Crippen LogP contribution in [0.1, 0.15) is 34.2 Å². The molecule has 0 unspecified atom stereocenters. The number of rotatable bonds is 4. The largest absolute Gasteiger partial charge is 0.243 e. The molecular weight excluding hydrogens is 272 g/mol. The lowest BCUT2D eigenvalue weighted by molar-refractivity contribution is 0.475. The molecule has 0 radical (unpaired) electrons. The van der Waals surface area contributed by atoms with Crippen molar-refractivity contribution in [3.05, 3.63) is 27.8 Å². The van der Waals surface area contributed by atoms with Crippen molar-refractivity contribution in [3.8, 4) is 6.07 Å². The normalized spacial score (nSPS) is 11.7. The van der Waals surface area contributed by atoms with E-state index in [1.165, 1.54) is 11.4 Å². The lowest BCUT2D eigenvalue weighted by atomic mass is 9.95. The van der Waals surface area contributed by atoms with Gasteiger partial charge in [0, 0.05) is 20.0 Å². The van der Waals surface area contributed by atoms with Gasteiger partial charge in [0.05, 0.1) is 11.0 Å². The van der Waals surface area contributed by atoms with Gasteiger partial charge in [0.15, 0.2) is 0 Å². The fourth-order valence-electron chi connectivity index (χ4n) is 2.34. The quantitative estimate of drug-likeness (QED) is 0.858. The molecule has 0 aromatic heterocycles. The molecule has 0 fully saturated rings. The van der Waals surface area contributed by atoms with Gasteiger partial charge < -0.3 is 0 Å². The van der Waals surface area contributed by atoms with Gasteiger partial charge in [0.25, 0.3) is 0 Å². The van der Waals surface area contributed by atoms with Gasteiger partial charge in [-0.3, -0.25) is 0 Å². The molecule has 1 aromatic carbocycles. The smallest absolute Gasteiger partial charge is 0.207 e. The van der Waals surface area contributed by atoms with E-state index in [9.17, 15) is 8.42 Å². The summed E-state index contributed by atoms with van der Waals surface area (Å²) in [5.74, 6) is 0. The van der Waals surface area contributed by atoms with Crippen LogP contribution in [0.2, 0.25) is 0 Å². The summed E-state index contributed by atoms with van der Waals surface area (Å²) in [6.07, 6.45) is 0.192. The monoisotopic (exact) mass is 294 g/mol. The average Bonchev–Trinajstić information content (AvgIpc) is 2.40. The molecule has 0 amide bonds. The first kappa shape index (κ1) is 16.7. The highest BCUT2D eigenvalue weighted by atomic mass is 32.2. The second-order valence-electron chi connectivity index (χ2n) is 5.19. The third kappa shape index (κ3) is 2.72. The Morgan fingerprint density at radius 2 is 1.35 bits per heavy atom. The molecule has 5 heteroatoms. The number of hydrogen-bond donors (Lipinski definition) is 0. The topological polar surface area (TPSA) is 61.2 Å². The Kier molecular flexibility index (Phi) is 4.95. The zero-order chi connectivity index (χ0) is 15.7. The van der Waals surface area contributed by atoms with Crippen LogP contribution in [-0.2, 0) is 10.0 Å². The van der Waals surface area contributed by atoms with Crippen molar-refractivity contribution in [2.45, 2.75) is 45.9 Å². The molecule has 0 heterocycles. The van der Waals surface area contributed by atoms with Gasteiger partial charge in [-0.25, -0.2) is 8.42 Å². The molecule has 20 heavy (non-hydrogen) atoms. The number of benzene rings is 1. The Morgan fingerprint density at radius 3 is 1.75 bits per heavy atom. The van der Waals surface area contributed by atoms with Gasteiger partial charge in [0.1, 0.15) is 0 Å². The summed E-state index contributed by atoms with van der Waals surface area (Å²) in [5, 5.41) is 8.61. The molecule has 1 aromatic rings. The van der Waals surface area contributed by atoms with Crippen LogP contribution < -0.4 is 0 Å². The molecule has 110 valence electrons. The van der Waals surface area contributed by atoms with E-state index in [0.29, 0.717) is 4.90 Å². The first-order chi connectivity index (χ1) is 9.16. The van der Waals surface area contributed by atoms with E-state index in [4.69, 9.17) is 5.26 Å². The molecule has 0 saturated heterocycles. The van der Waals surface area contributed by atoms with Gasteiger partial charge in [-0.05, 0) is 62.4 Å². The maximum atomic E-state index is 12.7. The summed E-state index contributed by atoms with van der Waals surface area (Å²) in [4.78, 5) is 0.388. The van der Waals surface area contributed by atoms with Gasteiger partial charge in [-0.15, -0.1) is 0 Å². The number of nitrogens with zero attached hydrogens (tertiary/aromatic N) is 2. The minimum atomic E-state index is -3.55. The minimum absolute atomic E-state index is 0.192. The van der Waals surface area contributed by atoms with Crippen LogP contribution >= 0.6 is 0 Å². The predicted octanol–water partition coefficient (Wildman–Crippen LogP) is 2.76. The van der Waals surface area contributed by atoms with E-state index in [2.05, 4.69) is 0 Å². The predicted molar refractivity (Wildman–Crippen MR) is 80.2 cm³/mol. The zero-order valence-electron chi connectivity index (χ0n) is 13.0. The average molecular weight is 294 g/mol. The standard InChI is InChI=1S/C15H22N2O2S/c1-10-11(2)13(4)15(14(5)12(10)3)20(18,19)17(6)9-7-8-16/h7,9H2,1-6H3. The fraction of sp³-hybridized carbons (Fsp3) is 0.533. The Hall–Kier alpha value is -1.38.